The van der Waals surface area contributed by atoms with Gasteiger partial charge in [-0.1, -0.05) is 0 Å². The topological polar surface area (TPSA) is 41.6 Å². The lowest BCUT2D eigenvalue weighted by Gasteiger charge is -2.13. The van der Waals surface area contributed by atoms with Gasteiger partial charge in [0.05, 0.1) is 25.6 Å². The molecule has 2 aromatic rings. The van der Waals surface area contributed by atoms with Crippen molar-refractivity contribution in [2.75, 3.05) is 7.05 Å². The Balaban J connectivity index is 1.54. The van der Waals surface area contributed by atoms with Crippen LogP contribution in [-0.4, -0.2) is 18.0 Å². The SMILES string of the molecule is Cc1cc(CN(C)Cc2ccoc2)oc1CNC1CC1. The molecule has 1 saturated carbocycles. The monoisotopic (exact) mass is 274 g/mol. The second kappa shape index (κ2) is 5.85. The van der Waals surface area contributed by atoms with Crippen LogP contribution in [0.15, 0.2) is 33.5 Å². The largest absolute Gasteiger partial charge is 0.472 e. The van der Waals surface area contributed by atoms with Gasteiger partial charge in [0.1, 0.15) is 11.5 Å². The van der Waals surface area contributed by atoms with E-state index < -0.39 is 0 Å². The second-order valence-corrected chi connectivity index (χ2v) is 5.78. The van der Waals surface area contributed by atoms with Gasteiger partial charge in [0.25, 0.3) is 0 Å². The summed E-state index contributed by atoms with van der Waals surface area (Å²) in [4.78, 5) is 2.22. The maximum Gasteiger partial charge on any atom is 0.120 e. The van der Waals surface area contributed by atoms with Gasteiger partial charge in [-0.2, -0.15) is 0 Å². The molecule has 1 fully saturated rings. The maximum absolute atomic E-state index is 5.95. The van der Waals surface area contributed by atoms with Crippen molar-refractivity contribution < 1.29 is 8.83 Å². The molecular formula is C16H22N2O2. The van der Waals surface area contributed by atoms with Gasteiger partial charge in [0.2, 0.25) is 0 Å². The number of rotatable bonds is 7. The quantitative estimate of drug-likeness (QED) is 0.842. The predicted molar refractivity (Wildman–Crippen MR) is 77.2 cm³/mol. The average Bonchev–Trinajstić information content (AvgIpc) is 2.98. The molecule has 4 heteroatoms. The Kier molecular flexibility index (Phi) is 3.94. The Bertz CT molecular complexity index is 541. The van der Waals surface area contributed by atoms with E-state index in [9.17, 15) is 0 Å². The number of furan rings is 2. The maximum atomic E-state index is 5.95. The van der Waals surface area contributed by atoms with Crippen LogP contribution in [0, 0.1) is 6.92 Å². The molecule has 108 valence electrons. The van der Waals surface area contributed by atoms with Gasteiger partial charge >= 0.3 is 0 Å². The smallest absolute Gasteiger partial charge is 0.120 e. The molecule has 1 aliphatic carbocycles. The molecule has 1 aliphatic rings. The number of hydrogen-bond donors (Lipinski definition) is 1. The minimum Gasteiger partial charge on any atom is -0.472 e. The minimum atomic E-state index is 0.715. The van der Waals surface area contributed by atoms with E-state index in [0.29, 0.717) is 6.04 Å². The van der Waals surface area contributed by atoms with Gasteiger partial charge in [-0.15, -0.1) is 0 Å². The molecule has 0 atom stereocenters. The molecule has 2 aromatic heterocycles. The summed E-state index contributed by atoms with van der Waals surface area (Å²) in [5.41, 5.74) is 2.43. The summed E-state index contributed by atoms with van der Waals surface area (Å²) >= 11 is 0. The molecule has 3 rings (SSSR count). The molecule has 0 spiro atoms. The lowest BCUT2D eigenvalue weighted by molar-refractivity contribution is 0.281. The Morgan fingerprint density at radius 2 is 2.20 bits per heavy atom. The molecule has 4 nitrogen and oxygen atoms in total. The Labute approximate surface area is 119 Å². The number of nitrogens with zero attached hydrogens (tertiary/aromatic N) is 1. The van der Waals surface area contributed by atoms with E-state index in [1.165, 1.54) is 24.0 Å². The van der Waals surface area contributed by atoms with E-state index >= 15 is 0 Å². The van der Waals surface area contributed by atoms with Crippen LogP contribution in [-0.2, 0) is 19.6 Å². The van der Waals surface area contributed by atoms with Gasteiger partial charge in [-0.3, -0.25) is 4.90 Å². The number of aryl methyl sites for hydroxylation is 1. The van der Waals surface area contributed by atoms with Gasteiger partial charge in [0.15, 0.2) is 0 Å². The van der Waals surface area contributed by atoms with E-state index in [0.717, 1.165) is 31.2 Å². The molecule has 0 unspecified atom stereocenters. The number of hydrogen-bond acceptors (Lipinski definition) is 4. The van der Waals surface area contributed by atoms with Crippen LogP contribution in [0.4, 0.5) is 0 Å². The van der Waals surface area contributed by atoms with E-state index in [1.54, 1.807) is 12.5 Å². The molecule has 0 saturated heterocycles. The first kappa shape index (κ1) is 13.5. The van der Waals surface area contributed by atoms with Crippen molar-refractivity contribution in [3.05, 3.63) is 47.3 Å². The highest BCUT2D eigenvalue weighted by molar-refractivity contribution is 5.20. The average molecular weight is 274 g/mol. The highest BCUT2D eigenvalue weighted by atomic mass is 16.3. The van der Waals surface area contributed by atoms with Crippen molar-refractivity contribution in [2.45, 2.75) is 45.4 Å². The van der Waals surface area contributed by atoms with Crippen LogP contribution in [0.25, 0.3) is 0 Å². The van der Waals surface area contributed by atoms with Crippen molar-refractivity contribution in [1.82, 2.24) is 10.2 Å². The van der Waals surface area contributed by atoms with Gasteiger partial charge < -0.3 is 14.2 Å². The van der Waals surface area contributed by atoms with Crippen molar-refractivity contribution in [3.63, 3.8) is 0 Å². The van der Waals surface area contributed by atoms with Crippen LogP contribution < -0.4 is 5.32 Å². The zero-order valence-corrected chi connectivity index (χ0v) is 12.2. The van der Waals surface area contributed by atoms with Crippen LogP contribution in [0.2, 0.25) is 0 Å². The van der Waals surface area contributed by atoms with E-state index in [4.69, 9.17) is 8.83 Å². The van der Waals surface area contributed by atoms with Gasteiger partial charge in [-0.05, 0) is 44.5 Å². The summed E-state index contributed by atoms with van der Waals surface area (Å²) in [6.45, 7) is 4.65. The third kappa shape index (κ3) is 3.52. The molecule has 1 N–H and O–H groups in total. The van der Waals surface area contributed by atoms with E-state index in [1.807, 2.05) is 6.07 Å². The Morgan fingerprint density at radius 1 is 1.35 bits per heavy atom. The summed E-state index contributed by atoms with van der Waals surface area (Å²) < 4.78 is 11.0. The van der Waals surface area contributed by atoms with Crippen LogP contribution in [0.1, 0.15) is 35.5 Å². The van der Waals surface area contributed by atoms with Crippen molar-refractivity contribution >= 4 is 0 Å². The molecule has 0 aromatic carbocycles. The van der Waals surface area contributed by atoms with Crippen LogP contribution >= 0.6 is 0 Å². The first-order valence-corrected chi connectivity index (χ1v) is 7.22. The van der Waals surface area contributed by atoms with E-state index in [-0.39, 0.29) is 0 Å². The highest BCUT2D eigenvalue weighted by Gasteiger charge is 2.21. The van der Waals surface area contributed by atoms with Crippen LogP contribution in [0.5, 0.6) is 0 Å². The van der Waals surface area contributed by atoms with Gasteiger partial charge in [-0.25, -0.2) is 0 Å². The van der Waals surface area contributed by atoms with Crippen molar-refractivity contribution in [1.29, 1.82) is 0 Å². The fourth-order valence-electron chi connectivity index (χ4n) is 2.38. The number of nitrogens with one attached hydrogen (secondary N) is 1. The zero-order valence-electron chi connectivity index (χ0n) is 12.2. The second-order valence-electron chi connectivity index (χ2n) is 5.78. The highest BCUT2D eigenvalue weighted by Crippen LogP contribution is 2.21. The zero-order chi connectivity index (χ0) is 13.9. The minimum absolute atomic E-state index is 0.715. The normalized spacial score (nSPS) is 15.2. The summed E-state index contributed by atoms with van der Waals surface area (Å²) in [6.07, 6.45) is 6.11. The summed E-state index contributed by atoms with van der Waals surface area (Å²) in [6, 6.07) is 4.86. The first-order valence-electron chi connectivity index (χ1n) is 7.22. The summed E-state index contributed by atoms with van der Waals surface area (Å²) in [5, 5.41) is 3.50. The molecule has 20 heavy (non-hydrogen) atoms. The predicted octanol–water partition coefficient (Wildman–Crippen LogP) is 3.07. The third-order valence-corrected chi connectivity index (χ3v) is 3.66. The fourth-order valence-corrected chi connectivity index (χ4v) is 2.38. The van der Waals surface area contributed by atoms with E-state index in [2.05, 4.69) is 30.3 Å². The fraction of sp³-hybridized carbons (Fsp3) is 0.500. The first-order chi connectivity index (χ1) is 9.70. The Hall–Kier alpha value is -1.52. The van der Waals surface area contributed by atoms with Crippen molar-refractivity contribution in [3.8, 4) is 0 Å². The third-order valence-electron chi connectivity index (χ3n) is 3.66. The Morgan fingerprint density at radius 3 is 2.90 bits per heavy atom. The molecule has 0 aliphatic heterocycles. The van der Waals surface area contributed by atoms with Gasteiger partial charge in [0, 0.05) is 18.2 Å². The standard InChI is InChI=1S/C16H22N2O2/c1-12-7-15(20-16(12)8-17-14-3-4-14)10-18(2)9-13-5-6-19-11-13/h5-7,11,14,17H,3-4,8-10H2,1-2H3. The lowest BCUT2D eigenvalue weighted by Crippen LogP contribution is -2.16. The molecule has 2 heterocycles. The van der Waals surface area contributed by atoms with Crippen LogP contribution in [0.3, 0.4) is 0 Å². The van der Waals surface area contributed by atoms with Crippen molar-refractivity contribution in [2.24, 2.45) is 0 Å². The lowest BCUT2D eigenvalue weighted by atomic mass is 10.2. The molecular weight excluding hydrogens is 252 g/mol. The molecule has 0 amide bonds. The molecule has 0 radical (unpaired) electrons. The molecule has 0 bridgehead atoms. The summed E-state index contributed by atoms with van der Waals surface area (Å²) in [5.74, 6) is 2.10. The summed E-state index contributed by atoms with van der Waals surface area (Å²) in [7, 11) is 2.09.